The number of rotatable bonds is 2. The van der Waals surface area contributed by atoms with Crippen LogP contribution in [0.3, 0.4) is 0 Å². The van der Waals surface area contributed by atoms with Gasteiger partial charge in [0.05, 0.1) is 0 Å². The third kappa shape index (κ3) is 5.16. The molecule has 30 heavy (non-hydrogen) atoms. The van der Waals surface area contributed by atoms with Gasteiger partial charge in [-0.2, -0.15) is 0 Å². The summed E-state index contributed by atoms with van der Waals surface area (Å²) in [6, 6.07) is 9.78. The van der Waals surface area contributed by atoms with E-state index in [0.717, 1.165) is 43.3 Å². The predicted molar refractivity (Wildman–Crippen MR) is 121 cm³/mol. The Bertz CT molecular complexity index is 712. The van der Waals surface area contributed by atoms with Gasteiger partial charge < -0.3 is 26.4 Å². The Labute approximate surface area is 182 Å². The Hall–Kier alpha value is -1.63. The van der Waals surface area contributed by atoms with Crippen molar-refractivity contribution in [2.75, 3.05) is 26.2 Å². The molecule has 5 N–H and O–H groups in total. The second-order valence-corrected chi connectivity index (χ2v) is 10.8. The Morgan fingerprint density at radius 1 is 1.00 bits per heavy atom. The minimum absolute atomic E-state index is 0. The minimum atomic E-state index is -0.193. The summed E-state index contributed by atoms with van der Waals surface area (Å²) >= 11 is 0. The highest BCUT2D eigenvalue weighted by Crippen LogP contribution is 2.42. The molecule has 6 heteroatoms. The van der Waals surface area contributed by atoms with E-state index >= 15 is 0 Å². The fraction of sp³-hybridized carbons (Fsp3) is 0.708. The maximum atomic E-state index is 12.1. The molecule has 5 rings (SSSR count). The van der Waals surface area contributed by atoms with Crippen LogP contribution in [0.5, 0.6) is 0 Å². The van der Waals surface area contributed by atoms with Crippen molar-refractivity contribution in [3.8, 4) is 0 Å². The van der Waals surface area contributed by atoms with E-state index in [1.165, 1.54) is 25.9 Å². The zero-order valence-corrected chi connectivity index (χ0v) is 18.5. The van der Waals surface area contributed by atoms with E-state index in [1.54, 1.807) is 0 Å². The van der Waals surface area contributed by atoms with Gasteiger partial charge in [0.1, 0.15) is 6.61 Å². The van der Waals surface area contributed by atoms with Gasteiger partial charge in [0, 0.05) is 25.6 Å². The minimum Gasteiger partial charge on any atom is -0.445 e. The van der Waals surface area contributed by atoms with Crippen LogP contribution in [0, 0.1) is 23.7 Å². The quantitative estimate of drug-likeness (QED) is 0.689. The van der Waals surface area contributed by atoms with E-state index < -0.39 is 0 Å². The van der Waals surface area contributed by atoms with Crippen LogP contribution in [0.15, 0.2) is 30.3 Å². The predicted octanol–water partition coefficient (Wildman–Crippen LogP) is 2.96. The van der Waals surface area contributed by atoms with E-state index in [4.69, 9.17) is 16.2 Å². The molecule has 2 saturated carbocycles. The molecule has 0 spiro atoms. The average Bonchev–Trinajstić information content (AvgIpc) is 3.38. The standard InChI is InChI=1S/C16H22N2O2.C8H16N2.H2/c1-16(17)7-13-9-18(10-14(13)8-16)15(19)20-11-12-5-3-2-4-6-12;1-8(9)2-6-4-10-5-7(6)3-8;/h2-6,13-14H,7-11,17H2,1H3;6-7,10H,2-5,9H2,1H3;1H. The number of benzene rings is 1. The third-order valence-corrected chi connectivity index (χ3v) is 7.43. The van der Waals surface area contributed by atoms with Gasteiger partial charge in [0.25, 0.3) is 0 Å². The topological polar surface area (TPSA) is 93.6 Å². The van der Waals surface area contributed by atoms with Crippen molar-refractivity contribution < 1.29 is 11.0 Å². The molecule has 4 aliphatic rings. The molecule has 4 unspecified atom stereocenters. The molecule has 1 amide bonds. The van der Waals surface area contributed by atoms with Crippen LogP contribution >= 0.6 is 0 Å². The van der Waals surface area contributed by atoms with Gasteiger partial charge in [-0.25, -0.2) is 4.79 Å². The first-order chi connectivity index (χ1) is 14.2. The number of amides is 1. The summed E-state index contributed by atoms with van der Waals surface area (Å²) in [5.74, 6) is 2.87. The van der Waals surface area contributed by atoms with E-state index in [-0.39, 0.29) is 18.6 Å². The lowest BCUT2D eigenvalue weighted by Gasteiger charge is -2.22. The van der Waals surface area contributed by atoms with E-state index in [9.17, 15) is 4.79 Å². The van der Waals surface area contributed by atoms with Gasteiger partial charge in [-0.3, -0.25) is 0 Å². The zero-order valence-electron chi connectivity index (χ0n) is 18.5. The number of carbonyl (C=O) groups excluding carboxylic acids is 1. The molecule has 0 aromatic heterocycles. The molecule has 2 aliphatic carbocycles. The molecule has 1 aromatic carbocycles. The number of carbonyl (C=O) groups is 1. The molecule has 0 radical (unpaired) electrons. The second-order valence-electron chi connectivity index (χ2n) is 10.8. The molecule has 6 nitrogen and oxygen atoms in total. The fourth-order valence-electron chi connectivity index (χ4n) is 6.19. The summed E-state index contributed by atoms with van der Waals surface area (Å²) in [6.07, 6.45) is 4.29. The number of nitrogens with zero attached hydrogens (tertiary/aromatic N) is 1. The highest BCUT2D eigenvalue weighted by molar-refractivity contribution is 5.68. The highest BCUT2D eigenvalue weighted by Gasteiger charge is 2.46. The van der Waals surface area contributed by atoms with Gasteiger partial charge >= 0.3 is 6.09 Å². The fourth-order valence-corrected chi connectivity index (χ4v) is 6.19. The number of nitrogens with one attached hydrogen (secondary N) is 1. The number of hydrogen-bond donors (Lipinski definition) is 3. The van der Waals surface area contributed by atoms with Crippen molar-refractivity contribution in [2.24, 2.45) is 35.1 Å². The van der Waals surface area contributed by atoms with E-state index in [0.29, 0.717) is 18.4 Å². The molecular formula is C24H40N4O2. The largest absolute Gasteiger partial charge is 0.445 e. The summed E-state index contributed by atoms with van der Waals surface area (Å²) in [6.45, 7) is 8.65. The average molecular weight is 417 g/mol. The molecule has 4 atom stereocenters. The number of hydrogen-bond acceptors (Lipinski definition) is 5. The lowest BCUT2D eigenvalue weighted by molar-refractivity contribution is 0.101. The first kappa shape index (κ1) is 21.6. The van der Waals surface area contributed by atoms with Gasteiger partial charge in [-0.15, -0.1) is 0 Å². The molecular weight excluding hydrogens is 376 g/mol. The van der Waals surface area contributed by atoms with Crippen LogP contribution in [0.2, 0.25) is 0 Å². The first-order valence-corrected chi connectivity index (χ1v) is 11.4. The van der Waals surface area contributed by atoms with Crippen molar-refractivity contribution >= 4 is 6.09 Å². The summed E-state index contributed by atoms with van der Waals surface area (Å²) in [4.78, 5) is 13.9. The highest BCUT2D eigenvalue weighted by atomic mass is 16.6. The van der Waals surface area contributed by atoms with Crippen LogP contribution in [0.25, 0.3) is 0 Å². The van der Waals surface area contributed by atoms with Crippen molar-refractivity contribution in [3.63, 3.8) is 0 Å². The Morgan fingerprint density at radius 2 is 1.50 bits per heavy atom. The van der Waals surface area contributed by atoms with Crippen molar-refractivity contribution in [1.82, 2.24) is 10.2 Å². The maximum absolute atomic E-state index is 12.1. The molecule has 2 aliphatic heterocycles. The van der Waals surface area contributed by atoms with Crippen LogP contribution in [0.1, 0.15) is 46.5 Å². The van der Waals surface area contributed by atoms with Gasteiger partial charge in [0.15, 0.2) is 0 Å². The van der Waals surface area contributed by atoms with Gasteiger partial charge in [-0.1, -0.05) is 30.3 Å². The van der Waals surface area contributed by atoms with E-state index in [1.807, 2.05) is 35.2 Å². The molecule has 2 heterocycles. The molecule has 0 bridgehead atoms. The van der Waals surface area contributed by atoms with Crippen LogP contribution in [-0.2, 0) is 11.3 Å². The normalized spacial score (nSPS) is 39.3. The van der Waals surface area contributed by atoms with Crippen LogP contribution in [0.4, 0.5) is 4.79 Å². The smallest absolute Gasteiger partial charge is 0.410 e. The Balaban J connectivity index is 0.000000208. The number of ether oxygens (including phenoxy) is 1. The van der Waals surface area contributed by atoms with Crippen molar-refractivity contribution in [3.05, 3.63) is 35.9 Å². The summed E-state index contributed by atoms with van der Waals surface area (Å²) < 4.78 is 5.38. The second kappa shape index (κ2) is 8.48. The number of fused-ring (bicyclic) bond motifs is 2. The summed E-state index contributed by atoms with van der Waals surface area (Å²) in [7, 11) is 0. The Morgan fingerprint density at radius 3 is 2.03 bits per heavy atom. The lowest BCUT2D eigenvalue weighted by atomic mass is 10.0. The first-order valence-electron chi connectivity index (χ1n) is 11.4. The van der Waals surface area contributed by atoms with Crippen molar-refractivity contribution in [1.29, 1.82) is 0 Å². The van der Waals surface area contributed by atoms with E-state index in [2.05, 4.69) is 19.2 Å². The zero-order chi connectivity index (χ0) is 21.4. The van der Waals surface area contributed by atoms with Crippen LogP contribution < -0.4 is 16.8 Å². The van der Waals surface area contributed by atoms with Crippen molar-refractivity contribution in [2.45, 2.75) is 57.2 Å². The third-order valence-electron chi connectivity index (χ3n) is 7.43. The molecule has 4 fully saturated rings. The van der Waals surface area contributed by atoms with Crippen LogP contribution in [-0.4, -0.2) is 48.3 Å². The SMILES string of the molecule is CC1(N)CC2CN(C(=O)OCc3ccccc3)CC2C1.CC1(N)CC2CNCC2C1.[HH]. The summed E-state index contributed by atoms with van der Waals surface area (Å²) in [5, 5.41) is 3.41. The molecule has 1 aromatic rings. The number of nitrogens with two attached hydrogens (primary N) is 2. The maximum Gasteiger partial charge on any atom is 0.410 e. The molecule has 168 valence electrons. The Kier molecular flexibility index (Phi) is 6.11. The lowest BCUT2D eigenvalue weighted by Crippen LogP contribution is -2.37. The summed E-state index contributed by atoms with van der Waals surface area (Å²) in [5.41, 5.74) is 13.4. The van der Waals surface area contributed by atoms with Gasteiger partial charge in [0.2, 0.25) is 0 Å². The number of likely N-dealkylation sites (tertiary alicyclic amines) is 1. The monoisotopic (exact) mass is 416 g/mol. The molecule has 2 saturated heterocycles. The van der Waals surface area contributed by atoms with Gasteiger partial charge in [-0.05, 0) is 81.9 Å².